The van der Waals surface area contributed by atoms with E-state index in [1.54, 1.807) is 13.1 Å². The molecule has 7 nitrogen and oxygen atoms in total. The van der Waals surface area contributed by atoms with Crippen LogP contribution < -0.4 is 5.32 Å². The maximum absolute atomic E-state index is 12.6. The summed E-state index contributed by atoms with van der Waals surface area (Å²) < 4.78 is 23.3. The van der Waals surface area contributed by atoms with Crippen LogP contribution in [0.2, 0.25) is 0 Å². The average Bonchev–Trinajstić information content (AvgIpc) is 3.00. The van der Waals surface area contributed by atoms with Crippen LogP contribution in [-0.4, -0.2) is 53.8 Å². The lowest BCUT2D eigenvalue weighted by atomic mass is 10.1. The molecule has 1 fully saturated rings. The molecule has 2 heterocycles. The fourth-order valence-corrected chi connectivity index (χ4v) is 4.75. The van der Waals surface area contributed by atoms with Gasteiger partial charge in [0.1, 0.15) is 5.69 Å². The van der Waals surface area contributed by atoms with E-state index in [0.717, 1.165) is 11.1 Å². The van der Waals surface area contributed by atoms with E-state index in [2.05, 4.69) is 15.3 Å². The Morgan fingerprint density at radius 1 is 1.31 bits per heavy atom. The number of nitrogens with zero attached hydrogens (tertiary/aromatic N) is 3. The van der Waals surface area contributed by atoms with Crippen molar-refractivity contribution in [3.63, 3.8) is 0 Å². The Morgan fingerprint density at radius 3 is 2.77 bits per heavy atom. The van der Waals surface area contributed by atoms with Crippen molar-refractivity contribution in [3.8, 4) is 0 Å². The van der Waals surface area contributed by atoms with E-state index in [1.165, 1.54) is 11.1 Å². The number of rotatable bonds is 5. The van der Waals surface area contributed by atoms with Crippen molar-refractivity contribution in [1.82, 2.24) is 14.9 Å². The Hall–Kier alpha value is -2.48. The molecule has 1 aliphatic rings. The number of amides is 1. The lowest BCUT2D eigenvalue weighted by Crippen LogP contribution is -2.38. The molecule has 1 unspecified atom stereocenters. The molecule has 1 aromatic heterocycles. The fraction of sp³-hybridized carbons (Fsp3) is 0.389. The summed E-state index contributed by atoms with van der Waals surface area (Å²) in [5.41, 5.74) is 2.54. The lowest BCUT2D eigenvalue weighted by Gasteiger charge is -2.23. The van der Waals surface area contributed by atoms with E-state index in [4.69, 9.17) is 0 Å². The summed E-state index contributed by atoms with van der Waals surface area (Å²) >= 11 is 0. The van der Waals surface area contributed by atoms with Crippen molar-refractivity contribution < 1.29 is 13.2 Å². The molecule has 1 amide bonds. The van der Waals surface area contributed by atoms with E-state index in [-0.39, 0.29) is 29.1 Å². The third kappa shape index (κ3) is 4.19. The van der Waals surface area contributed by atoms with Crippen LogP contribution in [0.25, 0.3) is 0 Å². The van der Waals surface area contributed by atoms with Gasteiger partial charge in [0.2, 0.25) is 5.95 Å². The predicted molar refractivity (Wildman–Crippen MR) is 99.7 cm³/mol. The second kappa shape index (κ2) is 7.41. The van der Waals surface area contributed by atoms with Crippen LogP contribution in [-0.2, 0) is 16.4 Å². The van der Waals surface area contributed by atoms with Gasteiger partial charge in [0.05, 0.1) is 11.5 Å². The summed E-state index contributed by atoms with van der Waals surface area (Å²) in [5.74, 6) is 0.209. The normalized spacial score (nSPS) is 18.5. The number of hydrogen-bond donors (Lipinski definition) is 1. The Bertz CT molecular complexity index is 914. The molecule has 8 heteroatoms. The highest BCUT2D eigenvalue weighted by Crippen LogP contribution is 2.18. The van der Waals surface area contributed by atoms with Gasteiger partial charge in [-0.15, -0.1) is 0 Å². The molecule has 0 radical (unpaired) electrons. The molecule has 1 saturated heterocycles. The highest BCUT2D eigenvalue weighted by Gasteiger charge is 2.33. The Morgan fingerprint density at radius 2 is 2.08 bits per heavy atom. The first-order chi connectivity index (χ1) is 12.4. The highest BCUT2D eigenvalue weighted by molar-refractivity contribution is 7.91. The molecule has 2 aromatic rings. The lowest BCUT2D eigenvalue weighted by molar-refractivity contribution is 0.0741. The number of benzene rings is 1. The van der Waals surface area contributed by atoms with Crippen molar-refractivity contribution in [2.75, 3.05) is 23.9 Å². The van der Waals surface area contributed by atoms with Crippen molar-refractivity contribution in [2.24, 2.45) is 0 Å². The maximum Gasteiger partial charge on any atom is 0.272 e. The molecular weight excluding hydrogens is 352 g/mol. The minimum atomic E-state index is -3.05. The molecule has 3 rings (SSSR count). The van der Waals surface area contributed by atoms with Crippen molar-refractivity contribution in [3.05, 3.63) is 53.3 Å². The smallest absolute Gasteiger partial charge is 0.272 e. The first-order valence-electron chi connectivity index (χ1n) is 8.45. The van der Waals surface area contributed by atoms with Crippen LogP contribution >= 0.6 is 0 Å². The van der Waals surface area contributed by atoms with Crippen LogP contribution in [0.3, 0.4) is 0 Å². The Kier molecular flexibility index (Phi) is 5.22. The minimum absolute atomic E-state index is 0.0126. The van der Waals surface area contributed by atoms with Gasteiger partial charge in [0, 0.05) is 25.8 Å². The molecule has 0 saturated carbocycles. The van der Waals surface area contributed by atoms with Crippen molar-refractivity contribution in [2.45, 2.75) is 25.9 Å². The van der Waals surface area contributed by atoms with Crippen LogP contribution in [0.4, 0.5) is 5.95 Å². The van der Waals surface area contributed by atoms with Crippen LogP contribution in [0, 0.1) is 6.92 Å². The highest BCUT2D eigenvalue weighted by atomic mass is 32.2. The standard InChI is InChI=1S/C18H22N4O3S/c1-13-5-3-4-6-14(13)11-20-18-19-9-7-16(21-18)17(23)22(2)15-8-10-26(24,25)12-15/h3-7,9,15H,8,10-12H2,1-2H3,(H,19,20,21). The zero-order chi connectivity index (χ0) is 18.7. The van der Waals surface area contributed by atoms with Gasteiger partial charge in [0.25, 0.3) is 5.91 Å². The third-order valence-corrected chi connectivity index (χ3v) is 6.40. The first kappa shape index (κ1) is 18.3. The molecule has 26 heavy (non-hydrogen) atoms. The van der Waals surface area contributed by atoms with Gasteiger partial charge >= 0.3 is 0 Å². The quantitative estimate of drug-likeness (QED) is 0.856. The number of aromatic nitrogens is 2. The zero-order valence-electron chi connectivity index (χ0n) is 14.8. The summed E-state index contributed by atoms with van der Waals surface area (Å²) in [4.78, 5) is 22.5. The molecular formula is C18H22N4O3S. The monoisotopic (exact) mass is 374 g/mol. The second-order valence-electron chi connectivity index (χ2n) is 6.52. The van der Waals surface area contributed by atoms with Gasteiger partial charge in [-0.05, 0) is 30.5 Å². The number of carbonyl (C=O) groups excluding carboxylic acids is 1. The first-order valence-corrected chi connectivity index (χ1v) is 10.3. The van der Waals surface area contributed by atoms with Crippen molar-refractivity contribution >= 4 is 21.7 Å². The molecule has 0 spiro atoms. The SMILES string of the molecule is Cc1ccccc1CNc1nccc(C(=O)N(C)C2CCS(=O)(=O)C2)n1. The maximum atomic E-state index is 12.6. The second-order valence-corrected chi connectivity index (χ2v) is 8.75. The molecule has 1 aromatic carbocycles. The predicted octanol–water partition coefficient (Wildman–Crippen LogP) is 1.66. The van der Waals surface area contributed by atoms with Gasteiger partial charge in [-0.2, -0.15) is 0 Å². The zero-order valence-corrected chi connectivity index (χ0v) is 15.7. The largest absolute Gasteiger partial charge is 0.350 e. The summed E-state index contributed by atoms with van der Waals surface area (Å²) in [6, 6.07) is 9.24. The van der Waals surface area contributed by atoms with Crippen LogP contribution in [0.1, 0.15) is 28.0 Å². The molecule has 0 bridgehead atoms. The number of nitrogens with one attached hydrogen (secondary N) is 1. The van der Waals surface area contributed by atoms with Gasteiger partial charge < -0.3 is 10.2 Å². The minimum Gasteiger partial charge on any atom is -0.350 e. The number of carbonyl (C=O) groups is 1. The number of sulfone groups is 1. The van der Waals surface area contributed by atoms with Crippen LogP contribution in [0.5, 0.6) is 0 Å². The van der Waals surface area contributed by atoms with Crippen LogP contribution in [0.15, 0.2) is 36.5 Å². The summed E-state index contributed by atoms with van der Waals surface area (Å²) in [7, 11) is -1.43. The Balaban J connectivity index is 1.68. The molecule has 1 atom stereocenters. The summed E-state index contributed by atoms with van der Waals surface area (Å²) in [6.45, 7) is 2.59. The van der Waals surface area contributed by atoms with E-state index >= 15 is 0 Å². The molecule has 0 aliphatic carbocycles. The van der Waals surface area contributed by atoms with Gasteiger partial charge in [-0.1, -0.05) is 24.3 Å². The molecule has 138 valence electrons. The molecule has 1 aliphatic heterocycles. The van der Waals surface area contributed by atoms with E-state index in [0.29, 0.717) is 18.9 Å². The van der Waals surface area contributed by atoms with Gasteiger partial charge in [0.15, 0.2) is 9.84 Å². The van der Waals surface area contributed by atoms with Gasteiger partial charge in [-0.3, -0.25) is 4.79 Å². The number of aryl methyl sites for hydroxylation is 1. The summed E-state index contributed by atoms with van der Waals surface area (Å²) in [6.07, 6.45) is 1.99. The Labute approximate surface area is 153 Å². The summed E-state index contributed by atoms with van der Waals surface area (Å²) in [5, 5.41) is 3.13. The van der Waals surface area contributed by atoms with Crippen molar-refractivity contribution in [1.29, 1.82) is 0 Å². The number of hydrogen-bond acceptors (Lipinski definition) is 6. The van der Waals surface area contributed by atoms with E-state index in [1.807, 2.05) is 31.2 Å². The van der Waals surface area contributed by atoms with E-state index in [9.17, 15) is 13.2 Å². The number of anilines is 1. The topological polar surface area (TPSA) is 92.3 Å². The molecule has 1 N–H and O–H groups in total. The fourth-order valence-electron chi connectivity index (χ4n) is 2.97. The van der Waals surface area contributed by atoms with E-state index < -0.39 is 9.84 Å². The third-order valence-electron chi connectivity index (χ3n) is 4.65. The van der Waals surface area contributed by atoms with Gasteiger partial charge in [-0.25, -0.2) is 18.4 Å². The average molecular weight is 374 g/mol.